The average Bonchev–Trinajstić information content (AvgIpc) is 2.97. The number of carbonyl (C=O) groups excluding carboxylic acids is 2. The average molecular weight is 344 g/mol. The number of aromatic carboxylic acids is 1. The van der Waals surface area contributed by atoms with E-state index in [4.69, 9.17) is 4.74 Å². The first-order chi connectivity index (χ1) is 12.0. The minimum atomic E-state index is -0.980. The molecule has 2 heterocycles. The molecule has 1 aliphatic heterocycles. The maximum Gasteiger partial charge on any atom is 0.337 e. The SMILES string of the molecule is CCOC(=O)CCC(=O)N1CCc2[nH]c3c(C(=O)O)cccc3c2C1. The Kier molecular flexibility index (Phi) is 4.74. The van der Waals surface area contributed by atoms with E-state index in [0.717, 1.165) is 16.6 Å². The lowest BCUT2D eigenvalue weighted by Gasteiger charge is -2.27. The van der Waals surface area contributed by atoms with Gasteiger partial charge in [0.25, 0.3) is 0 Å². The molecule has 7 nitrogen and oxygen atoms in total. The lowest BCUT2D eigenvalue weighted by Crippen LogP contribution is -2.36. The van der Waals surface area contributed by atoms with Crippen molar-refractivity contribution in [3.63, 3.8) is 0 Å². The number of aromatic nitrogens is 1. The number of carboxylic acid groups (broad SMARTS) is 1. The van der Waals surface area contributed by atoms with E-state index in [0.29, 0.717) is 31.6 Å². The third-order valence-electron chi connectivity index (χ3n) is 4.44. The van der Waals surface area contributed by atoms with Gasteiger partial charge in [-0.05, 0) is 13.0 Å². The van der Waals surface area contributed by atoms with Gasteiger partial charge in [-0.3, -0.25) is 9.59 Å². The van der Waals surface area contributed by atoms with Crippen molar-refractivity contribution in [1.82, 2.24) is 9.88 Å². The van der Waals surface area contributed by atoms with E-state index in [-0.39, 0.29) is 30.3 Å². The number of para-hydroxylation sites is 1. The van der Waals surface area contributed by atoms with Gasteiger partial charge in [0.2, 0.25) is 5.91 Å². The van der Waals surface area contributed by atoms with Crippen molar-refractivity contribution in [2.75, 3.05) is 13.2 Å². The van der Waals surface area contributed by atoms with Gasteiger partial charge in [-0.1, -0.05) is 12.1 Å². The number of nitrogens with one attached hydrogen (secondary N) is 1. The third-order valence-corrected chi connectivity index (χ3v) is 4.44. The first-order valence-electron chi connectivity index (χ1n) is 8.30. The second-order valence-electron chi connectivity index (χ2n) is 5.99. The van der Waals surface area contributed by atoms with Gasteiger partial charge in [-0.2, -0.15) is 0 Å². The number of H-pyrrole nitrogens is 1. The highest BCUT2D eigenvalue weighted by atomic mass is 16.5. The number of rotatable bonds is 5. The lowest BCUT2D eigenvalue weighted by atomic mass is 10.0. The molecule has 2 N–H and O–H groups in total. The Balaban J connectivity index is 1.78. The Labute approximate surface area is 144 Å². The van der Waals surface area contributed by atoms with Crippen molar-refractivity contribution in [3.8, 4) is 0 Å². The molecule has 0 bridgehead atoms. The van der Waals surface area contributed by atoms with Crippen LogP contribution in [0.5, 0.6) is 0 Å². The molecule has 132 valence electrons. The normalized spacial score (nSPS) is 13.6. The summed E-state index contributed by atoms with van der Waals surface area (Å²) in [4.78, 5) is 40.1. The number of fused-ring (bicyclic) bond motifs is 3. The number of carbonyl (C=O) groups is 3. The molecule has 1 aliphatic rings. The molecule has 0 atom stereocenters. The fourth-order valence-corrected chi connectivity index (χ4v) is 3.23. The number of hydrogen-bond acceptors (Lipinski definition) is 4. The van der Waals surface area contributed by atoms with Gasteiger partial charge in [-0.25, -0.2) is 4.79 Å². The smallest absolute Gasteiger partial charge is 0.337 e. The Hall–Kier alpha value is -2.83. The number of amides is 1. The molecular weight excluding hydrogens is 324 g/mol. The number of nitrogens with zero attached hydrogens (tertiary/aromatic N) is 1. The van der Waals surface area contributed by atoms with Crippen molar-refractivity contribution < 1.29 is 24.2 Å². The maximum atomic E-state index is 12.4. The van der Waals surface area contributed by atoms with E-state index >= 15 is 0 Å². The molecule has 0 fully saturated rings. The van der Waals surface area contributed by atoms with Crippen molar-refractivity contribution in [2.45, 2.75) is 32.7 Å². The second kappa shape index (κ2) is 6.96. The fraction of sp³-hybridized carbons (Fsp3) is 0.389. The first-order valence-corrected chi connectivity index (χ1v) is 8.30. The number of ether oxygens (including phenoxy) is 1. The highest BCUT2D eigenvalue weighted by Crippen LogP contribution is 2.30. The van der Waals surface area contributed by atoms with E-state index in [9.17, 15) is 19.5 Å². The van der Waals surface area contributed by atoms with E-state index in [1.54, 1.807) is 24.0 Å². The predicted molar refractivity (Wildman–Crippen MR) is 90.2 cm³/mol. The van der Waals surface area contributed by atoms with Gasteiger partial charge in [0.05, 0.1) is 24.1 Å². The van der Waals surface area contributed by atoms with Crippen molar-refractivity contribution in [3.05, 3.63) is 35.0 Å². The van der Waals surface area contributed by atoms with Crippen LogP contribution in [-0.2, 0) is 27.3 Å². The third kappa shape index (κ3) is 3.35. The summed E-state index contributed by atoms with van der Waals surface area (Å²) >= 11 is 0. The summed E-state index contributed by atoms with van der Waals surface area (Å²) in [6.45, 7) is 3.00. The molecule has 0 saturated heterocycles. The number of benzene rings is 1. The van der Waals surface area contributed by atoms with Crippen molar-refractivity contribution in [2.24, 2.45) is 0 Å². The molecule has 0 spiro atoms. The molecule has 0 unspecified atom stereocenters. The molecule has 7 heteroatoms. The van der Waals surface area contributed by atoms with Crippen LogP contribution in [0.1, 0.15) is 41.4 Å². The molecule has 2 aromatic rings. The Morgan fingerprint density at radius 2 is 2.08 bits per heavy atom. The first kappa shape index (κ1) is 17.0. The van der Waals surface area contributed by atoms with Crippen LogP contribution in [0.15, 0.2) is 18.2 Å². The largest absolute Gasteiger partial charge is 0.478 e. The molecule has 1 amide bonds. The van der Waals surface area contributed by atoms with E-state index in [1.807, 2.05) is 6.07 Å². The van der Waals surface area contributed by atoms with Crippen LogP contribution in [0, 0.1) is 0 Å². The highest BCUT2D eigenvalue weighted by molar-refractivity contribution is 6.03. The van der Waals surface area contributed by atoms with Gasteiger partial charge in [0, 0.05) is 42.6 Å². The van der Waals surface area contributed by atoms with Gasteiger partial charge >= 0.3 is 11.9 Å². The van der Waals surface area contributed by atoms with Crippen LogP contribution in [0.2, 0.25) is 0 Å². The van der Waals surface area contributed by atoms with Gasteiger partial charge in [0.15, 0.2) is 0 Å². The fourth-order valence-electron chi connectivity index (χ4n) is 3.23. The number of hydrogen-bond donors (Lipinski definition) is 2. The zero-order valence-electron chi connectivity index (χ0n) is 14.0. The van der Waals surface area contributed by atoms with E-state index in [1.165, 1.54) is 0 Å². The number of esters is 1. The van der Waals surface area contributed by atoms with Crippen LogP contribution in [0.25, 0.3) is 10.9 Å². The number of carboxylic acids is 1. The topological polar surface area (TPSA) is 99.7 Å². The minimum absolute atomic E-state index is 0.0765. The molecular formula is C18H20N2O5. The summed E-state index contributed by atoms with van der Waals surface area (Å²) in [5, 5.41) is 10.2. The zero-order chi connectivity index (χ0) is 18.0. The molecule has 0 saturated carbocycles. The standard InChI is InChI=1S/C18H20N2O5/c1-2-25-16(22)7-6-15(21)20-9-8-14-13(10-20)11-4-3-5-12(18(23)24)17(11)19-14/h3-5,19H,2,6-10H2,1H3,(H,23,24). The Bertz CT molecular complexity index is 839. The van der Waals surface area contributed by atoms with E-state index < -0.39 is 5.97 Å². The van der Waals surface area contributed by atoms with Gasteiger partial charge < -0.3 is 19.7 Å². The second-order valence-corrected chi connectivity index (χ2v) is 5.99. The minimum Gasteiger partial charge on any atom is -0.478 e. The van der Waals surface area contributed by atoms with Crippen LogP contribution >= 0.6 is 0 Å². The highest BCUT2D eigenvalue weighted by Gasteiger charge is 2.25. The Morgan fingerprint density at radius 1 is 1.28 bits per heavy atom. The predicted octanol–water partition coefficient (Wildman–Crippen LogP) is 2.09. The summed E-state index contributed by atoms with van der Waals surface area (Å²) in [7, 11) is 0. The maximum absolute atomic E-state index is 12.4. The molecule has 1 aromatic heterocycles. The number of aromatic amines is 1. The quantitative estimate of drug-likeness (QED) is 0.809. The summed E-state index contributed by atoms with van der Waals surface area (Å²) in [6.07, 6.45) is 0.832. The van der Waals surface area contributed by atoms with Crippen LogP contribution < -0.4 is 0 Å². The summed E-state index contributed by atoms with van der Waals surface area (Å²) in [5.74, 6) is -1.44. The lowest BCUT2D eigenvalue weighted by molar-refractivity contribution is -0.145. The molecule has 25 heavy (non-hydrogen) atoms. The summed E-state index contributed by atoms with van der Waals surface area (Å²) in [5.41, 5.74) is 2.75. The van der Waals surface area contributed by atoms with Crippen LogP contribution in [0.3, 0.4) is 0 Å². The van der Waals surface area contributed by atoms with Gasteiger partial charge in [-0.15, -0.1) is 0 Å². The van der Waals surface area contributed by atoms with E-state index in [2.05, 4.69) is 4.98 Å². The molecule has 1 aromatic carbocycles. The Morgan fingerprint density at radius 3 is 2.80 bits per heavy atom. The molecule has 0 aliphatic carbocycles. The summed E-state index contributed by atoms with van der Waals surface area (Å²) in [6, 6.07) is 5.14. The van der Waals surface area contributed by atoms with Crippen molar-refractivity contribution >= 4 is 28.7 Å². The molecule has 0 radical (unpaired) electrons. The van der Waals surface area contributed by atoms with Crippen LogP contribution in [-0.4, -0.2) is 46.0 Å². The monoisotopic (exact) mass is 344 g/mol. The molecule has 3 rings (SSSR count). The zero-order valence-corrected chi connectivity index (χ0v) is 14.0. The van der Waals surface area contributed by atoms with Gasteiger partial charge in [0.1, 0.15) is 0 Å². The van der Waals surface area contributed by atoms with Crippen LogP contribution in [0.4, 0.5) is 0 Å². The summed E-state index contributed by atoms with van der Waals surface area (Å²) < 4.78 is 4.85. The van der Waals surface area contributed by atoms with Crippen molar-refractivity contribution in [1.29, 1.82) is 0 Å².